The van der Waals surface area contributed by atoms with E-state index in [4.69, 9.17) is 11.6 Å². The van der Waals surface area contributed by atoms with Crippen LogP contribution in [0.3, 0.4) is 0 Å². The normalized spacial score (nSPS) is 11.7. The second-order valence-electron chi connectivity index (χ2n) is 4.17. The highest BCUT2D eigenvalue weighted by molar-refractivity contribution is 7.90. The smallest absolute Gasteiger partial charge is 0.175 e. The number of sulfone groups is 1. The summed E-state index contributed by atoms with van der Waals surface area (Å²) in [5, 5.41) is 5.70. The second kappa shape index (κ2) is 6.05. The first-order valence-electron chi connectivity index (χ1n) is 5.69. The van der Waals surface area contributed by atoms with Crippen molar-refractivity contribution in [3.8, 4) is 0 Å². The molecule has 0 bridgehead atoms. The lowest BCUT2D eigenvalue weighted by Gasteiger charge is -2.10. The Morgan fingerprint density at radius 2 is 2.00 bits per heavy atom. The van der Waals surface area contributed by atoms with E-state index >= 15 is 0 Å². The van der Waals surface area contributed by atoms with Gasteiger partial charge in [0.25, 0.3) is 0 Å². The molecule has 0 saturated carbocycles. The summed E-state index contributed by atoms with van der Waals surface area (Å²) in [5.41, 5.74) is 0.628. The van der Waals surface area contributed by atoms with Crippen LogP contribution in [-0.4, -0.2) is 14.7 Å². The molecule has 1 aromatic heterocycles. The number of halogens is 1. The van der Waals surface area contributed by atoms with Crippen LogP contribution in [0.25, 0.3) is 0 Å². The third-order valence-corrected chi connectivity index (χ3v) is 5.07. The van der Waals surface area contributed by atoms with Crippen LogP contribution in [-0.2, 0) is 22.9 Å². The van der Waals surface area contributed by atoms with Crippen molar-refractivity contribution in [2.75, 3.05) is 6.26 Å². The Bertz CT molecular complexity index is 651. The molecule has 2 rings (SSSR count). The molecule has 0 amide bonds. The summed E-state index contributed by atoms with van der Waals surface area (Å²) in [6.45, 7) is 1.13. The minimum Gasteiger partial charge on any atom is -0.308 e. The zero-order chi connectivity index (χ0) is 13.9. The molecule has 1 N–H and O–H groups in total. The van der Waals surface area contributed by atoms with E-state index in [0.29, 0.717) is 28.6 Å². The van der Waals surface area contributed by atoms with E-state index < -0.39 is 9.84 Å². The van der Waals surface area contributed by atoms with Crippen molar-refractivity contribution in [3.63, 3.8) is 0 Å². The molecule has 0 atom stereocenters. The molecule has 0 saturated heterocycles. The van der Waals surface area contributed by atoms with Crippen molar-refractivity contribution in [1.29, 1.82) is 0 Å². The zero-order valence-electron chi connectivity index (χ0n) is 10.4. The fourth-order valence-electron chi connectivity index (χ4n) is 1.78. The lowest BCUT2D eigenvalue weighted by molar-refractivity contribution is 0.598. The molecular formula is C13H14ClNO2S2. The number of nitrogens with one attached hydrogen (secondary N) is 1. The van der Waals surface area contributed by atoms with E-state index in [0.717, 1.165) is 0 Å². The van der Waals surface area contributed by atoms with E-state index in [-0.39, 0.29) is 0 Å². The van der Waals surface area contributed by atoms with Gasteiger partial charge in [-0.15, -0.1) is 11.3 Å². The van der Waals surface area contributed by atoms with Crippen LogP contribution in [0.2, 0.25) is 5.02 Å². The van der Waals surface area contributed by atoms with Gasteiger partial charge in [0.05, 0.1) is 4.90 Å². The number of rotatable bonds is 5. The Kier molecular flexibility index (Phi) is 4.62. The first-order valence-corrected chi connectivity index (χ1v) is 8.84. The molecule has 2 aromatic rings. The van der Waals surface area contributed by atoms with Gasteiger partial charge in [0, 0.05) is 34.8 Å². The molecule has 19 heavy (non-hydrogen) atoms. The molecule has 3 nitrogen and oxygen atoms in total. The van der Waals surface area contributed by atoms with Gasteiger partial charge < -0.3 is 5.32 Å². The van der Waals surface area contributed by atoms with Gasteiger partial charge in [-0.05, 0) is 23.6 Å². The van der Waals surface area contributed by atoms with Gasteiger partial charge in [0.15, 0.2) is 9.84 Å². The zero-order valence-corrected chi connectivity index (χ0v) is 12.8. The van der Waals surface area contributed by atoms with Crippen molar-refractivity contribution < 1.29 is 8.42 Å². The monoisotopic (exact) mass is 315 g/mol. The molecule has 1 aromatic carbocycles. The maximum absolute atomic E-state index is 11.7. The van der Waals surface area contributed by atoms with Crippen LogP contribution in [0.5, 0.6) is 0 Å². The summed E-state index contributed by atoms with van der Waals surface area (Å²) in [5.74, 6) is 0. The largest absolute Gasteiger partial charge is 0.308 e. The van der Waals surface area contributed by atoms with Gasteiger partial charge >= 0.3 is 0 Å². The summed E-state index contributed by atoms with van der Waals surface area (Å²) in [4.78, 5) is 1.49. The standard InChI is InChI=1S/C13H14ClNO2S2/c1-19(16,17)13-6-2-5-12(14)11(13)9-15-8-10-4-3-7-18-10/h2-7,15H,8-9H2,1H3. The topological polar surface area (TPSA) is 46.2 Å². The number of hydrogen-bond donors (Lipinski definition) is 1. The minimum atomic E-state index is -3.26. The Labute approximate surface area is 122 Å². The predicted molar refractivity (Wildman–Crippen MR) is 79.4 cm³/mol. The summed E-state index contributed by atoms with van der Waals surface area (Å²) in [7, 11) is -3.26. The second-order valence-corrected chi connectivity index (χ2v) is 7.60. The fraction of sp³-hybridized carbons (Fsp3) is 0.231. The molecule has 0 aliphatic heterocycles. The molecule has 6 heteroatoms. The number of hydrogen-bond acceptors (Lipinski definition) is 4. The van der Waals surface area contributed by atoms with E-state index in [9.17, 15) is 8.42 Å². The fourth-order valence-corrected chi connectivity index (χ4v) is 3.71. The summed E-state index contributed by atoms with van der Waals surface area (Å²) in [6, 6.07) is 8.96. The van der Waals surface area contributed by atoms with Crippen molar-refractivity contribution >= 4 is 32.8 Å². The molecule has 0 aliphatic carbocycles. The summed E-state index contributed by atoms with van der Waals surface area (Å²) >= 11 is 7.75. The van der Waals surface area contributed by atoms with Crippen LogP contribution >= 0.6 is 22.9 Å². The average molecular weight is 316 g/mol. The van der Waals surface area contributed by atoms with Crippen LogP contribution in [0.1, 0.15) is 10.4 Å². The van der Waals surface area contributed by atoms with Crippen molar-refractivity contribution in [3.05, 3.63) is 51.2 Å². The third-order valence-electron chi connectivity index (χ3n) is 2.66. The maximum Gasteiger partial charge on any atom is 0.175 e. The van der Waals surface area contributed by atoms with Crippen LogP contribution in [0.15, 0.2) is 40.6 Å². The van der Waals surface area contributed by atoms with Gasteiger partial charge in [0.1, 0.15) is 0 Å². The maximum atomic E-state index is 11.7. The molecule has 102 valence electrons. The number of thiophene rings is 1. The van der Waals surface area contributed by atoms with E-state index in [1.807, 2.05) is 17.5 Å². The highest BCUT2D eigenvalue weighted by Crippen LogP contribution is 2.24. The molecule has 0 fully saturated rings. The third kappa shape index (κ3) is 3.79. The first-order chi connectivity index (χ1) is 8.98. The van der Waals surface area contributed by atoms with E-state index in [1.165, 1.54) is 11.1 Å². The Hall–Kier alpha value is -0.880. The van der Waals surface area contributed by atoms with Gasteiger partial charge in [-0.2, -0.15) is 0 Å². The van der Waals surface area contributed by atoms with Crippen LogP contribution in [0.4, 0.5) is 0 Å². The highest BCUT2D eigenvalue weighted by Gasteiger charge is 2.15. The average Bonchev–Trinajstić information content (AvgIpc) is 2.82. The highest BCUT2D eigenvalue weighted by atomic mass is 35.5. The van der Waals surface area contributed by atoms with Crippen molar-refractivity contribution in [1.82, 2.24) is 5.32 Å². The molecule has 1 heterocycles. The molecule has 0 unspecified atom stereocenters. The van der Waals surface area contributed by atoms with Crippen molar-refractivity contribution in [2.24, 2.45) is 0 Å². The molecule has 0 aliphatic rings. The molecule has 0 radical (unpaired) electrons. The van der Waals surface area contributed by atoms with Gasteiger partial charge in [-0.3, -0.25) is 0 Å². The Morgan fingerprint density at radius 3 is 2.63 bits per heavy atom. The minimum absolute atomic E-state index is 0.290. The van der Waals surface area contributed by atoms with E-state index in [2.05, 4.69) is 5.32 Å². The van der Waals surface area contributed by atoms with Gasteiger partial charge in [0.2, 0.25) is 0 Å². The Morgan fingerprint density at radius 1 is 1.21 bits per heavy atom. The molecular weight excluding hydrogens is 302 g/mol. The van der Waals surface area contributed by atoms with E-state index in [1.54, 1.807) is 29.5 Å². The SMILES string of the molecule is CS(=O)(=O)c1cccc(Cl)c1CNCc1cccs1. The first kappa shape index (κ1) is 14.5. The van der Waals surface area contributed by atoms with Crippen LogP contribution in [0, 0.1) is 0 Å². The molecule has 0 spiro atoms. The van der Waals surface area contributed by atoms with Crippen LogP contribution < -0.4 is 5.32 Å². The lowest BCUT2D eigenvalue weighted by atomic mass is 10.2. The quantitative estimate of drug-likeness (QED) is 0.922. The van der Waals surface area contributed by atoms with Gasteiger partial charge in [-0.25, -0.2) is 8.42 Å². The van der Waals surface area contributed by atoms with Gasteiger partial charge in [-0.1, -0.05) is 23.7 Å². The summed E-state index contributed by atoms with van der Waals surface area (Å²) < 4.78 is 23.4. The lowest BCUT2D eigenvalue weighted by Crippen LogP contribution is -2.15. The number of benzene rings is 1. The Balaban J connectivity index is 2.15. The summed E-state index contributed by atoms with van der Waals surface area (Å²) in [6.07, 6.45) is 1.20. The predicted octanol–water partition coefficient (Wildman–Crippen LogP) is 3.09. The van der Waals surface area contributed by atoms with Crippen molar-refractivity contribution in [2.45, 2.75) is 18.0 Å².